The van der Waals surface area contributed by atoms with Gasteiger partial charge in [0.05, 0.1) is 5.52 Å². The van der Waals surface area contributed by atoms with Crippen LogP contribution >= 0.6 is 11.6 Å². The second-order valence-corrected chi connectivity index (χ2v) is 4.95. The first-order chi connectivity index (χ1) is 9.86. The maximum absolute atomic E-state index is 5.86. The van der Waals surface area contributed by atoms with E-state index < -0.39 is 0 Å². The van der Waals surface area contributed by atoms with Gasteiger partial charge in [-0.15, -0.1) is 11.6 Å². The predicted octanol–water partition coefficient (Wildman–Crippen LogP) is 4.59. The lowest BCUT2D eigenvalue weighted by Gasteiger charge is -2.09. The number of benzene rings is 2. The van der Waals surface area contributed by atoms with Gasteiger partial charge in [-0.3, -0.25) is 4.98 Å². The molecule has 2 nitrogen and oxygen atoms in total. The summed E-state index contributed by atoms with van der Waals surface area (Å²) in [4.78, 5) is 4.47. The molecule has 3 aromatic rings. The zero-order valence-corrected chi connectivity index (χ0v) is 11.8. The fourth-order valence-corrected chi connectivity index (χ4v) is 2.44. The summed E-state index contributed by atoms with van der Waals surface area (Å²) in [5.74, 6) is 0.533. The van der Waals surface area contributed by atoms with Gasteiger partial charge < -0.3 is 5.32 Å². The first-order valence-electron chi connectivity index (χ1n) is 6.58. The van der Waals surface area contributed by atoms with Crippen molar-refractivity contribution in [3.05, 3.63) is 71.9 Å². The van der Waals surface area contributed by atoms with Crippen LogP contribution in [0, 0.1) is 0 Å². The Kier molecular flexibility index (Phi) is 3.84. The number of aromatic nitrogens is 1. The second-order valence-electron chi connectivity index (χ2n) is 4.68. The van der Waals surface area contributed by atoms with Crippen molar-refractivity contribution >= 4 is 28.2 Å². The van der Waals surface area contributed by atoms with Crippen molar-refractivity contribution in [1.29, 1.82) is 0 Å². The van der Waals surface area contributed by atoms with Gasteiger partial charge in [0.1, 0.15) is 0 Å². The van der Waals surface area contributed by atoms with E-state index in [1.165, 1.54) is 10.9 Å². The molecule has 0 unspecified atom stereocenters. The van der Waals surface area contributed by atoms with Gasteiger partial charge in [0, 0.05) is 29.7 Å². The highest BCUT2D eigenvalue weighted by Crippen LogP contribution is 2.18. The molecule has 0 saturated carbocycles. The summed E-state index contributed by atoms with van der Waals surface area (Å²) in [5, 5.41) is 4.60. The molecule has 20 heavy (non-hydrogen) atoms. The third-order valence-electron chi connectivity index (χ3n) is 3.28. The van der Waals surface area contributed by atoms with Crippen LogP contribution in [0.1, 0.15) is 11.1 Å². The van der Waals surface area contributed by atoms with E-state index in [2.05, 4.69) is 46.7 Å². The highest BCUT2D eigenvalue weighted by atomic mass is 35.5. The SMILES string of the molecule is ClCc1cccc(NCc2cccc3cccnc23)c1. The van der Waals surface area contributed by atoms with Gasteiger partial charge in [0.15, 0.2) is 0 Å². The molecule has 3 rings (SSSR count). The molecule has 1 N–H and O–H groups in total. The topological polar surface area (TPSA) is 24.9 Å². The Hall–Kier alpha value is -2.06. The zero-order valence-electron chi connectivity index (χ0n) is 11.0. The van der Waals surface area contributed by atoms with Crippen LogP contribution in [0.2, 0.25) is 0 Å². The van der Waals surface area contributed by atoms with Crippen LogP contribution in [0.5, 0.6) is 0 Å². The number of anilines is 1. The summed E-state index contributed by atoms with van der Waals surface area (Å²) in [5.41, 5.74) is 4.44. The molecular formula is C17H15ClN2. The summed E-state index contributed by atoms with van der Waals surface area (Å²) in [6.07, 6.45) is 1.83. The number of nitrogens with zero attached hydrogens (tertiary/aromatic N) is 1. The summed E-state index contributed by atoms with van der Waals surface area (Å²) in [7, 11) is 0. The molecule has 1 heterocycles. The lowest BCUT2D eigenvalue weighted by molar-refractivity contribution is 1.15. The zero-order chi connectivity index (χ0) is 13.8. The third kappa shape index (κ3) is 2.75. The van der Waals surface area contributed by atoms with E-state index in [4.69, 9.17) is 11.6 Å². The van der Waals surface area contributed by atoms with Crippen LogP contribution < -0.4 is 5.32 Å². The second kappa shape index (κ2) is 5.93. The van der Waals surface area contributed by atoms with Crippen LogP contribution in [0.4, 0.5) is 5.69 Å². The van der Waals surface area contributed by atoms with Gasteiger partial charge in [-0.05, 0) is 29.3 Å². The molecule has 3 heteroatoms. The molecule has 0 aliphatic heterocycles. The van der Waals surface area contributed by atoms with Crippen molar-refractivity contribution < 1.29 is 0 Å². The van der Waals surface area contributed by atoms with Gasteiger partial charge in [-0.25, -0.2) is 0 Å². The number of rotatable bonds is 4. The molecule has 0 amide bonds. The Labute approximate surface area is 123 Å². The molecule has 0 saturated heterocycles. The van der Waals surface area contributed by atoms with E-state index in [1.807, 2.05) is 24.4 Å². The minimum atomic E-state index is 0.533. The lowest BCUT2D eigenvalue weighted by atomic mass is 10.1. The quantitative estimate of drug-likeness (QED) is 0.708. The van der Waals surface area contributed by atoms with Crippen LogP contribution in [-0.4, -0.2) is 4.98 Å². The maximum atomic E-state index is 5.86. The first-order valence-corrected chi connectivity index (χ1v) is 7.11. The molecule has 0 fully saturated rings. The smallest absolute Gasteiger partial charge is 0.0751 e. The van der Waals surface area contributed by atoms with Gasteiger partial charge in [-0.2, -0.15) is 0 Å². The highest BCUT2D eigenvalue weighted by Gasteiger charge is 2.02. The number of para-hydroxylation sites is 1. The van der Waals surface area contributed by atoms with Crippen LogP contribution in [0.15, 0.2) is 60.8 Å². The molecule has 0 atom stereocenters. The Balaban J connectivity index is 1.83. The van der Waals surface area contributed by atoms with Crippen molar-refractivity contribution in [2.45, 2.75) is 12.4 Å². The lowest BCUT2D eigenvalue weighted by Crippen LogP contribution is -2.01. The summed E-state index contributed by atoms with van der Waals surface area (Å²) in [6.45, 7) is 0.750. The average molecular weight is 283 g/mol. The van der Waals surface area contributed by atoms with E-state index in [1.54, 1.807) is 0 Å². The summed E-state index contributed by atoms with van der Waals surface area (Å²) < 4.78 is 0. The monoisotopic (exact) mass is 282 g/mol. The molecule has 2 aromatic carbocycles. The van der Waals surface area contributed by atoms with Crippen molar-refractivity contribution in [1.82, 2.24) is 4.98 Å². The van der Waals surface area contributed by atoms with Crippen molar-refractivity contribution in [2.24, 2.45) is 0 Å². The van der Waals surface area contributed by atoms with Crippen LogP contribution in [0.3, 0.4) is 0 Å². The summed E-state index contributed by atoms with van der Waals surface area (Å²) in [6, 6.07) is 18.5. The molecular weight excluding hydrogens is 268 g/mol. The Bertz CT molecular complexity index is 720. The molecule has 1 aromatic heterocycles. The van der Waals surface area contributed by atoms with Gasteiger partial charge in [-0.1, -0.05) is 36.4 Å². The Morgan fingerprint density at radius 1 is 1.00 bits per heavy atom. The normalized spacial score (nSPS) is 10.7. The molecule has 0 bridgehead atoms. The van der Waals surface area contributed by atoms with Crippen LogP contribution in [0.25, 0.3) is 10.9 Å². The van der Waals surface area contributed by atoms with Crippen molar-refractivity contribution in [3.8, 4) is 0 Å². The van der Waals surface area contributed by atoms with Gasteiger partial charge in [0.2, 0.25) is 0 Å². The molecule has 0 spiro atoms. The van der Waals surface area contributed by atoms with E-state index in [9.17, 15) is 0 Å². The molecule has 100 valence electrons. The molecule has 0 aliphatic carbocycles. The van der Waals surface area contributed by atoms with Gasteiger partial charge in [0.25, 0.3) is 0 Å². The summed E-state index contributed by atoms with van der Waals surface area (Å²) >= 11 is 5.86. The first kappa shape index (κ1) is 12.9. The number of halogens is 1. The number of pyridine rings is 1. The highest BCUT2D eigenvalue weighted by molar-refractivity contribution is 6.17. The largest absolute Gasteiger partial charge is 0.381 e. The molecule has 0 aliphatic rings. The minimum absolute atomic E-state index is 0.533. The standard InChI is InChI=1S/C17H15ClN2/c18-11-13-4-1-8-16(10-13)20-12-15-6-2-5-14-7-3-9-19-17(14)15/h1-10,20H,11-12H2. The van der Waals surface area contributed by atoms with Gasteiger partial charge >= 0.3 is 0 Å². The predicted molar refractivity (Wildman–Crippen MR) is 85.1 cm³/mol. The van der Waals surface area contributed by atoms with Crippen LogP contribution in [-0.2, 0) is 12.4 Å². The van der Waals surface area contributed by atoms with Crippen molar-refractivity contribution in [3.63, 3.8) is 0 Å². The molecule has 0 radical (unpaired) electrons. The number of alkyl halides is 1. The third-order valence-corrected chi connectivity index (χ3v) is 3.59. The fourth-order valence-electron chi connectivity index (χ4n) is 2.27. The number of nitrogens with one attached hydrogen (secondary N) is 1. The van der Waals surface area contributed by atoms with E-state index >= 15 is 0 Å². The van der Waals surface area contributed by atoms with E-state index in [-0.39, 0.29) is 0 Å². The number of fused-ring (bicyclic) bond motifs is 1. The Morgan fingerprint density at radius 3 is 2.75 bits per heavy atom. The Morgan fingerprint density at radius 2 is 1.85 bits per heavy atom. The number of hydrogen-bond acceptors (Lipinski definition) is 2. The minimum Gasteiger partial charge on any atom is -0.381 e. The van der Waals surface area contributed by atoms with E-state index in [0.717, 1.165) is 23.3 Å². The fraction of sp³-hybridized carbons (Fsp3) is 0.118. The van der Waals surface area contributed by atoms with E-state index in [0.29, 0.717) is 5.88 Å². The van der Waals surface area contributed by atoms with Crippen molar-refractivity contribution in [2.75, 3.05) is 5.32 Å². The maximum Gasteiger partial charge on any atom is 0.0751 e. The number of hydrogen-bond donors (Lipinski definition) is 1. The average Bonchev–Trinajstić information content (AvgIpc) is 2.53.